The topological polar surface area (TPSA) is 0 Å². The van der Waals surface area contributed by atoms with E-state index in [2.05, 4.69) is 47.7 Å². The van der Waals surface area contributed by atoms with Crippen LogP contribution >= 0.6 is 45.5 Å². The summed E-state index contributed by atoms with van der Waals surface area (Å²) in [5, 5.41) is 1.34. The second kappa shape index (κ2) is 4.37. The highest BCUT2D eigenvalue weighted by Crippen LogP contribution is 2.32. The lowest BCUT2D eigenvalue weighted by molar-refractivity contribution is 1.19. The average Bonchev–Trinajstić information content (AvgIpc) is 2.60. The fourth-order valence-electron chi connectivity index (χ4n) is 1.51. The van der Waals surface area contributed by atoms with Crippen LogP contribution in [0.25, 0.3) is 10.1 Å². The molecule has 0 aliphatic heterocycles. The molecular formula is C11H10ClIS. The van der Waals surface area contributed by atoms with Crippen molar-refractivity contribution in [1.29, 1.82) is 0 Å². The standard InChI is InChI=1S/C11H10ClIS/c1-2-7-5-8-9(6-12)10(13)3-4-11(8)14-7/h3-5H,2,6H2,1H3. The smallest absolute Gasteiger partial charge is 0.0491 e. The van der Waals surface area contributed by atoms with Gasteiger partial charge in [0.15, 0.2) is 0 Å². The Labute approximate surface area is 106 Å². The largest absolute Gasteiger partial charge is 0.140 e. The summed E-state index contributed by atoms with van der Waals surface area (Å²) in [6.07, 6.45) is 1.11. The molecule has 0 amide bonds. The third-order valence-corrected chi connectivity index (χ3v) is 4.81. The normalized spacial score (nSPS) is 11.1. The molecule has 0 aliphatic carbocycles. The number of fused-ring (bicyclic) bond motifs is 1. The lowest BCUT2D eigenvalue weighted by Gasteiger charge is -2.00. The Kier molecular flexibility index (Phi) is 3.34. The summed E-state index contributed by atoms with van der Waals surface area (Å²) in [6.45, 7) is 2.19. The van der Waals surface area contributed by atoms with E-state index in [-0.39, 0.29) is 0 Å². The summed E-state index contributed by atoms with van der Waals surface area (Å²) in [7, 11) is 0. The average molecular weight is 337 g/mol. The Morgan fingerprint density at radius 2 is 2.21 bits per heavy atom. The SMILES string of the molecule is CCc1cc2c(CCl)c(I)ccc2s1. The summed E-state index contributed by atoms with van der Waals surface area (Å²) in [6, 6.07) is 6.62. The zero-order chi connectivity index (χ0) is 10.1. The summed E-state index contributed by atoms with van der Waals surface area (Å²) < 4.78 is 2.63. The third kappa shape index (κ3) is 1.79. The minimum atomic E-state index is 0.607. The van der Waals surface area contributed by atoms with Crippen LogP contribution in [0.15, 0.2) is 18.2 Å². The van der Waals surface area contributed by atoms with Gasteiger partial charge in [0.2, 0.25) is 0 Å². The molecule has 1 aromatic heterocycles. The maximum absolute atomic E-state index is 5.96. The predicted octanol–water partition coefficient (Wildman–Crippen LogP) is 4.81. The van der Waals surface area contributed by atoms with Crippen LogP contribution in [0.1, 0.15) is 17.4 Å². The predicted molar refractivity (Wildman–Crippen MR) is 73.5 cm³/mol. The van der Waals surface area contributed by atoms with Gasteiger partial charge in [0.1, 0.15) is 0 Å². The van der Waals surface area contributed by atoms with Gasteiger partial charge in [-0.1, -0.05) is 6.92 Å². The molecule has 0 unspecified atom stereocenters. The molecule has 0 saturated heterocycles. The molecule has 0 aliphatic rings. The highest BCUT2D eigenvalue weighted by Gasteiger charge is 2.07. The van der Waals surface area contributed by atoms with E-state index < -0.39 is 0 Å². The van der Waals surface area contributed by atoms with Crippen molar-refractivity contribution in [1.82, 2.24) is 0 Å². The van der Waals surface area contributed by atoms with Crippen molar-refractivity contribution < 1.29 is 0 Å². The molecule has 2 aromatic rings. The summed E-state index contributed by atoms with van der Waals surface area (Å²) in [5.74, 6) is 0.607. The highest BCUT2D eigenvalue weighted by atomic mass is 127. The lowest BCUT2D eigenvalue weighted by atomic mass is 10.1. The van der Waals surface area contributed by atoms with E-state index in [1.807, 2.05) is 11.3 Å². The molecule has 0 nitrogen and oxygen atoms in total. The van der Waals surface area contributed by atoms with E-state index in [1.165, 1.54) is 24.1 Å². The maximum atomic E-state index is 5.96. The van der Waals surface area contributed by atoms with Gasteiger partial charge in [-0.05, 0) is 58.2 Å². The van der Waals surface area contributed by atoms with Crippen LogP contribution in [0.5, 0.6) is 0 Å². The number of hydrogen-bond acceptors (Lipinski definition) is 1. The Balaban J connectivity index is 2.73. The van der Waals surface area contributed by atoms with Gasteiger partial charge < -0.3 is 0 Å². The lowest BCUT2D eigenvalue weighted by Crippen LogP contribution is -1.83. The Hall–Kier alpha value is 0.200. The van der Waals surface area contributed by atoms with Crippen LogP contribution < -0.4 is 0 Å². The highest BCUT2D eigenvalue weighted by molar-refractivity contribution is 14.1. The van der Waals surface area contributed by atoms with Crippen LogP contribution in [0.4, 0.5) is 0 Å². The monoisotopic (exact) mass is 336 g/mol. The van der Waals surface area contributed by atoms with Crippen molar-refractivity contribution >= 4 is 55.6 Å². The van der Waals surface area contributed by atoms with E-state index in [9.17, 15) is 0 Å². The van der Waals surface area contributed by atoms with Crippen molar-refractivity contribution in [2.45, 2.75) is 19.2 Å². The van der Waals surface area contributed by atoms with Crippen molar-refractivity contribution in [3.63, 3.8) is 0 Å². The number of rotatable bonds is 2. The molecule has 1 aromatic carbocycles. The van der Waals surface area contributed by atoms with E-state index >= 15 is 0 Å². The molecule has 0 fully saturated rings. The van der Waals surface area contributed by atoms with Gasteiger partial charge in [-0.15, -0.1) is 22.9 Å². The summed E-state index contributed by atoms with van der Waals surface area (Å²) in [4.78, 5) is 1.44. The number of benzene rings is 1. The van der Waals surface area contributed by atoms with Crippen molar-refractivity contribution in [3.05, 3.63) is 32.2 Å². The maximum Gasteiger partial charge on any atom is 0.0491 e. The molecule has 14 heavy (non-hydrogen) atoms. The third-order valence-electron chi connectivity index (χ3n) is 2.29. The molecule has 0 spiro atoms. The molecule has 1 heterocycles. The van der Waals surface area contributed by atoms with Gasteiger partial charge in [0.05, 0.1) is 0 Å². The zero-order valence-electron chi connectivity index (χ0n) is 7.81. The van der Waals surface area contributed by atoms with Crippen LogP contribution in [0.3, 0.4) is 0 Å². The van der Waals surface area contributed by atoms with Crippen LogP contribution in [0.2, 0.25) is 0 Å². The van der Waals surface area contributed by atoms with Gasteiger partial charge in [-0.25, -0.2) is 0 Å². The minimum Gasteiger partial charge on any atom is -0.140 e. The second-order valence-electron chi connectivity index (χ2n) is 3.14. The first kappa shape index (κ1) is 10.7. The van der Waals surface area contributed by atoms with Crippen LogP contribution in [-0.2, 0) is 12.3 Å². The molecule has 3 heteroatoms. The van der Waals surface area contributed by atoms with Crippen LogP contribution in [0, 0.1) is 3.57 Å². The zero-order valence-corrected chi connectivity index (χ0v) is 11.5. The number of alkyl halides is 1. The number of hydrogen-bond donors (Lipinski definition) is 0. The second-order valence-corrected chi connectivity index (χ2v) is 5.74. The van der Waals surface area contributed by atoms with E-state index in [0.29, 0.717) is 5.88 Å². The fraction of sp³-hybridized carbons (Fsp3) is 0.273. The molecule has 0 N–H and O–H groups in total. The van der Waals surface area contributed by atoms with Gasteiger partial charge in [0, 0.05) is 19.0 Å². The fourth-order valence-corrected chi connectivity index (χ4v) is 3.71. The summed E-state index contributed by atoms with van der Waals surface area (Å²) >= 11 is 10.2. The molecular weight excluding hydrogens is 327 g/mol. The number of thiophene rings is 1. The molecule has 74 valence electrons. The molecule has 2 rings (SSSR count). The number of halogens is 2. The van der Waals surface area contributed by atoms with Gasteiger partial charge >= 0.3 is 0 Å². The Morgan fingerprint density at radius 1 is 1.43 bits per heavy atom. The van der Waals surface area contributed by atoms with Gasteiger partial charge in [-0.2, -0.15) is 0 Å². The van der Waals surface area contributed by atoms with E-state index in [1.54, 1.807) is 0 Å². The first-order valence-electron chi connectivity index (χ1n) is 4.52. The van der Waals surface area contributed by atoms with Gasteiger partial charge in [-0.3, -0.25) is 0 Å². The number of aryl methyl sites for hydroxylation is 1. The van der Waals surface area contributed by atoms with Gasteiger partial charge in [0.25, 0.3) is 0 Å². The van der Waals surface area contributed by atoms with Crippen molar-refractivity contribution in [3.8, 4) is 0 Å². The minimum absolute atomic E-state index is 0.607. The first-order valence-corrected chi connectivity index (χ1v) is 6.95. The molecule has 0 radical (unpaired) electrons. The van der Waals surface area contributed by atoms with E-state index in [4.69, 9.17) is 11.6 Å². The Morgan fingerprint density at radius 3 is 2.86 bits per heavy atom. The molecule has 0 atom stereocenters. The van der Waals surface area contributed by atoms with E-state index in [0.717, 1.165) is 6.42 Å². The molecule has 0 saturated carbocycles. The van der Waals surface area contributed by atoms with Crippen LogP contribution in [-0.4, -0.2) is 0 Å². The Bertz CT molecular complexity index is 462. The quantitative estimate of drug-likeness (QED) is 0.545. The molecule has 0 bridgehead atoms. The first-order chi connectivity index (χ1) is 6.76. The summed E-state index contributed by atoms with van der Waals surface area (Å²) in [5.41, 5.74) is 1.28. The van der Waals surface area contributed by atoms with Crippen molar-refractivity contribution in [2.75, 3.05) is 0 Å². The van der Waals surface area contributed by atoms with Crippen molar-refractivity contribution in [2.24, 2.45) is 0 Å².